The number of carbonyl (C=O) groups excluding carboxylic acids is 2. The molecule has 0 aliphatic carbocycles. The van der Waals surface area contributed by atoms with Crippen LogP contribution in [-0.2, 0) is 11.3 Å². The number of nitrogens with one attached hydrogen (secondary N) is 1. The van der Waals surface area contributed by atoms with Gasteiger partial charge in [0, 0.05) is 31.3 Å². The number of carbonyl (C=O) groups is 2. The van der Waals surface area contributed by atoms with Crippen LogP contribution in [0.4, 0.5) is 14.5 Å². The van der Waals surface area contributed by atoms with E-state index in [1.54, 1.807) is 6.92 Å². The van der Waals surface area contributed by atoms with Crippen LogP contribution in [0.1, 0.15) is 22.8 Å². The highest BCUT2D eigenvalue weighted by atomic mass is 19.3. The monoisotopic (exact) mass is 437 g/mol. The molecular weight excluding hydrogens is 416 g/mol. The summed E-state index contributed by atoms with van der Waals surface area (Å²) < 4.78 is 34.7. The van der Waals surface area contributed by atoms with Crippen LogP contribution in [-0.4, -0.2) is 48.4 Å². The summed E-state index contributed by atoms with van der Waals surface area (Å²) in [5.74, 6) is -1.04. The molecule has 2 amide bonds. The first-order valence-electron chi connectivity index (χ1n) is 9.18. The number of amides is 2. The maximum Gasteiger partial charge on any atom is 0.387 e. The molecule has 2 rings (SSSR count). The van der Waals surface area contributed by atoms with Crippen molar-refractivity contribution in [2.24, 2.45) is 0 Å². The molecule has 0 aromatic heterocycles. The minimum Gasteiger partial charge on any atom is -0.490 e. The van der Waals surface area contributed by atoms with Crippen molar-refractivity contribution in [1.29, 1.82) is 0 Å². The number of hydrogen-bond donors (Lipinski definition) is 1. The number of nitro benzene ring substituents is 1. The summed E-state index contributed by atoms with van der Waals surface area (Å²) in [5.41, 5.74) is 0.423. The Labute approximate surface area is 176 Å². The topological polar surface area (TPSA) is 111 Å². The van der Waals surface area contributed by atoms with Gasteiger partial charge >= 0.3 is 6.61 Å². The van der Waals surface area contributed by atoms with Crippen molar-refractivity contribution in [3.05, 3.63) is 63.7 Å². The second kappa shape index (κ2) is 10.9. The zero-order valence-electron chi connectivity index (χ0n) is 16.8. The van der Waals surface area contributed by atoms with E-state index in [4.69, 9.17) is 4.74 Å². The average molecular weight is 437 g/mol. The summed E-state index contributed by atoms with van der Waals surface area (Å²) in [5, 5.41) is 13.2. The molecule has 0 saturated carbocycles. The van der Waals surface area contributed by atoms with E-state index in [9.17, 15) is 28.5 Å². The first kappa shape index (κ1) is 23.5. The second-order valence-corrected chi connectivity index (χ2v) is 6.33. The molecule has 166 valence electrons. The van der Waals surface area contributed by atoms with E-state index >= 15 is 0 Å². The number of alkyl halides is 2. The first-order chi connectivity index (χ1) is 14.7. The Balaban J connectivity index is 1.97. The van der Waals surface area contributed by atoms with Crippen LogP contribution in [0.15, 0.2) is 42.5 Å². The molecule has 0 heterocycles. The summed E-state index contributed by atoms with van der Waals surface area (Å²) in [6.07, 6.45) is 0. The minimum absolute atomic E-state index is 0.0561. The standard InChI is InChI=1S/C20H21F2N3O6/c1-3-30-17-9-13(7-8-16(17)31-20(21)22)12-24(2)18(26)11-23-19(27)14-5-4-6-15(10-14)25(28)29/h4-10,20H,3,11-12H2,1-2H3,(H,23,27). The number of nitrogens with zero attached hydrogens (tertiary/aromatic N) is 2. The van der Waals surface area contributed by atoms with Crippen LogP contribution < -0.4 is 14.8 Å². The van der Waals surface area contributed by atoms with Crippen LogP contribution in [0.5, 0.6) is 11.5 Å². The number of nitro groups is 1. The van der Waals surface area contributed by atoms with Gasteiger partial charge in [-0.25, -0.2) is 0 Å². The van der Waals surface area contributed by atoms with Gasteiger partial charge in [-0.1, -0.05) is 12.1 Å². The fraction of sp³-hybridized carbons (Fsp3) is 0.300. The van der Waals surface area contributed by atoms with E-state index < -0.39 is 23.3 Å². The number of benzene rings is 2. The molecule has 2 aromatic rings. The Hall–Kier alpha value is -3.76. The highest BCUT2D eigenvalue weighted by Crippen LogP contribution is 2.30. The second-order valence-electron chi connectivity index (χ2n) is 6.33. The summed E-state index contributed by atoms with van der Waals surface area (Å²) in [6, 6.07) is 9.48. The van der Waals surface area contributed by atoms with E-state index in [1.807, 2.05) is 0 Å². The largest absolute Gasteiger partial charge is 0.490 e. The molecule has 0 aliphatic heterocycles. The van der Waals surface area contributed by atoms with Gasteiger partial charge in [-0.05, 0) is 30.7 Å². The Bertz CT molecular complexity index is 954. The van der Waals surface area contributed by atoms with Crippen molar-refractivity contribution in [2.45, 2.75) is 20.1 Å². The van der Waals surface area contributed by atoms with Crippen LogP contribution in [0.3, 0.4) is 0 Å². The quantitative estimate of drug-likeness (QED) is 0.452. The lowest BCUT2D eigenvalue weighted by molar-refractivity contribution is -0.384. The van der Waals surface area contributed by atoms with Crippen molar-refractivity contribution in [2.75, 3.05) is 20.2 Å². The van der Waals surface area contributed by atoms with Crippen molar-refractivity contribution in [1.82, 2.24) is 10.2 Å². The predicted molar refractivity (Wildman–Crippen MR) is 106 cm³/mol. The molecule has 0 radical (unpaired) electrons. The van der Waals surface area contributed by atoms with E-state index in [0.29, 0.717) is 5.56 Å². The summed E-state index contributed by atoms with van der Waals surface area (Å²) in [6.45, 7) is -1.27. The number of rotatable bonds is 10. The van der Waals surface area contributed by atoms with Gasteiger partial charge in [0.25, 0.3) is 11.6 Å². The average Bonchev–Trinajstić information content (AvgIpc) is 2.73. The van der Waals surface area contributed by atoms with E-state index in [1.165, 1.54) is 48.3 Å². The summed E-state index contributed by atoms with van der Waals surface area (Å²) in [7, 11) is 1.51. The molecule has 0 bridgehead atoms. The molecule has 0 atom stereocenters. The smallest absolute Gasteiger partial charge is 0.387 e. The third kappa shape index (κ3) is 6.91. The number of ether oxygens (including phenoxy) is 2. The zero-order valence-corrected chi connectivity index (χ0v) is 16.8. The third-order valence-electron chi connectivity index (χ3n) is 4.09. The lowest BCUT2D eigenvalue weighted by atomic mass is 10.2. The maximum atomic E-state index is 12.5. The van der Waals surface area contributed by atoms with Crippen LogP contribution >= 0.6 is 0 Å². The lowest BCUT2D eigenvalue weighted by Gasteiger charge is -2.19. The van der Waals surface area contributed by atoms with Crippen LogP contribution in [0, 0.1) is 10.1 Å². The normalized spacial score (nSPS) is 10.5. The van der Waals surface area contributed by atoms with E-state index in [-0.39, 0.29) is 42.4 Å². The molecule has 0 saturated heterocycles. The number of hydrogen-bond acceptors (Lipinski definition) is 6. The van der Waals surface area contributed by atoms with E-state index in [2.05, 4.69) is 10.1 Å². The van der Waals surface area contributed by atoms with Gasteiger partial charge < -0.3 is 19.7 Å². The fourth-order valence-electron chi connectivity index (χ4n) is 2.63. The van der Waals surface area contributed by atoms with Gasteiger partial charge in [0.15, 0.2) is 11.5 Å². The van der Waals surface area contributed by atoms with Crippen molar-refractivity contribution < 1.29 is 32.8 Å². The highest BCUT2D eigenvalue weighted by Gasteiger charge is 2.16. The molecule has 0 unspecified atom stereocenters. The van der Waals surface area contributed by atoms with Crippen LogP contribution in [0.25, 0.3) is 0 Å². The predicted octanol–water partition coefficient (Wildman–Crippen LogP) is 2.98. The SMILES string of the molecule is CCOc1cc(CN(C)C(=O)CNC(=O)c2cccc([N+](=O)[O-])c2)ccc1OC(F)F. The third-order valence-corrected chi connectivity index (χ3v) is 4.09. The minimum atomic E-state index is -3.00. The molecule has 2 aromatic carbocycles. The highest BCUT2D eigenvalue weighted by molar-refractivity contribution is 5.96. The lowest BCUT2D eigenvalue weighted by Crippen LogP contribution is -2.37. The van der Waals surface area contributed by atoms with Crippen molar-refractivity contribution in [3.8, 4) is 11.5 Å². The number of halogens is 2. The van der Waals surface area contributed by atoms with Gasteiger partial charge in [-0.3, -0.25) is 19.7 Å². The Kier molecular flexibility index (Phi) is 8.24. The van der Waals surface area contributed by atoms with E-state index in [0.717, 1.165) is 6.07 Å². The molecule has 0 aliphatic rings. The first-order valence-corrected chi connectivity index (χ1v) is 9.18. The van der Waals surface area contributed by atoms with Crippen LogP contribution in [0.2, 0.25) is 0 Å². The molecule has 31 heavy (non-hydrogen) atoms. The Morgan fingerprint density at radius 3 is 2.58 bits per heavy atom. The maximum absolute atomic E-state index is 12.5. The fourth-order valence-corrected chi connectivity index (χ4v) is 2.63. The molecule has 0 fully saturated rings. The van der Waals surface area contributed by atoms with Gasteiger partial charge in [0.05, 0.1) is 18.1 Å². The van der Waals surface area contributed by atoms with Gasteiger partial charge in [-0.15, -0.1) is 0 Å². The number of non-ortho nitro benzene ring substituents is 1. The van der Waals surface area contributed by atoms with Crippen molar-refractivity contribution in [3.63, 3.8) is 0 Å². The van der Waals surface area contributed by atoms with Gasteiger partial charge in [-0.2, -0.15) is 8.78 Å². The molecule has 11 heteroatoms. The Morgan fingerprint density at radius 1 is 1.19 bits per heavy atom. The molecular formula is C20H21F2N3O6. The van der Waals surface area contributed by atoms with Crippen molar-refractivity contribution >= 4 is 17.5 Å². The summed E-state index contributed by atoms with van der Waals surface area (Å²) in [4.78, 5) is 36.0. The van der Waals surface area contributed by atoms with Gasteiger partial charge in [0.1, 0.15) is 0 Å². The summed E-state index contributed by atoms with van der Waals surface area (Å²) >= 11 is 0. The zero-order chi connectivity index (χ0) is 23.0. The molecule has 0 spiro atoms. The van der Waals surface area contributed by atoms with Gasteiger partial charge in [0.2, 0.25) is 5.91 Å². The Morgan fingerprint density at radius 2 is 1.94 bits per heavy atom. The molecule has 1 N–H and O–H groups in total. The number of likely N-dealkylation sites (N-methyl/N-ethyl adjacent to an activating group) is 1. The molecule has 9 nitrogen and oxygen atoms in total.